The number of carbonyl (C=O) groups is 1. The first-order valence-corrected chi connectivity index (χ1v) is 4.96. The molecule has 0 saturated carbocycles. The molecule has 0 bridgehead atoms. The van der Waals surface area contributed by atoms with Crippen molar-refractivity contribution >= 4 is 17.7 Å². The van der Waals surface area contributed by atoms with Gasteiger partial charge in [-0.15, -0.1) is 0 Å². The van der Waals surface area contributed by atoms with Gasteiger partial charge >= 0.3 is 0 Å². The molecule has 66 valence electrons. The molecule has 0 aromatic heterocycles. The van der Waals surface area contributed by atoms with Crippen molar-refractivity contribution in [1.82, 2.24) is 0 Å². The standard InChI is InChI=1S/C7H16N2OS/c1-2-4-11-5-3-6(8)7(9)10/h6H,2-5,8H2,1H3,(H2,9,10)/t6-/m0/s1. The summed E-state index contributed by atoms with van der Waals surface area (Å²) in [6, 6.07) is -0.459. The van der Waals surface area contributed by atoms with Crippen LogP contribution in [0.5, 0.6) is 0 Å². The van der Waals surface area contributed by atoms with E-state index in [0.717, 1.165) is 17.9 Å². The monoisotopic (exact) mass is 176 g/mol. The highest BCUT2D eigenvalue weighted by Gasteiger charge is 2.07. The van der Waals surface area contributed by atoms with Crippen LogP contribution in [0.3, 0.4) is 0 Å². The Bertz CT molecular complexity index is 119. The summed E-state index contributed by atoms with van der Waals surface area (Å²) in [6.45, 7) is 2.13. The van der Waals surface area contributed by atoms with Crippen molar-refractivity contribution in [3.8, 4) is 0 Å². The summed E-state index contributed by atoms with van der Waals surface area (Å²) >= 11 is 1.81. The summed E-state index contributed by atoms with van der Waals surface area (Å²) in [4.78, 5) is 10.5. The minimum atomic E-state index is -0.459. The molecule has 11 heavy (non-hydrogen) atoms. The second kappa shape index (κ2) is 6.49. The molecule has 0 unspecified atom stereocenters. The van der Waals surface area contributed by atoms with Crippen molar-refractivity contribution < 1.29 is 4.79 Å². The third-order valence-corrected chi connectivity index (χ3v) is 2.51. The van der Waals surface area contributed by atoms with E-state index < -0.39 is 11.9 Å². The van der Waals surface area contributed by atoms with E-state index in [1.165, 1.54) is 0 Å². The number of hydrogen-bond acceptors (Lipinski definition) is 3. The van der Waals surface area contributed by atoms with Crippen LogP contribution in [0, 0.1) is 0 Å². The quantitative estimate of drug-likeness (QED) is 0.573. The average Bonchev–Trinajstić information content (AvgIpc) is 1.97. The number of nitrogens with two attached hydrogens (primary N) is 2. The number of carbonyl (C=O) groups excluding carboxylic acids is 1. The first-order chi connectivity index (χ1) is 5.18. The average molecular weight is 176 g/mol. The van der Waals surface area contributed by atoms with Crippen molar-refractivity contribution in [2.24, 2.45) is 11.5 Å². The zero-order valence-corrected chi connectivity index (χ0v) is 7.69. The van der Waals surface area contributed by atoms with E-state index in [9.17, 15) is 4.79 Å². The van der Waals surface area contributed by atoms with Crippen molar-refractivity contribution in [1.29, 1.82) is 0 Å². The van der Waals surface area contributed by atoms with Gasteiger partial charge in [-0.1, -0.05) is 6.92 Å². The second-order valence-electron chi connectivity index (χ2n) is 2.41. The molecule has 1 amide bonds. The topological polar surface area (TPSA) is 69.1 Å². The van der Waals surface area contributed by atoms with Crippen LogP contribution in [0.25, 0.3) is 0 Å². The van der Waals surface area contributed by atoms with Crippen LogP contribution >= 0.6 is 11.8 Å². The fourth-order valence-corrected chi connectivity index (χ4v) is 1.51. The Kier molecular flexibility index (Phi) is 6.36. The van der Waals surface area contributed by atoms with Crippen LogP contribution < -0.4 is 11.5 Å². The minimum Gasteiger partial charge on any atom is -0.368 e. The maximum Gasteiger partial charge on any atom is 0.234 e. The Morgan fingerprint density at radius 1 is 1.55 bits per heavy atom. The van der Waals surface area contributed by atoms with Crippen LogP contribution in [-0.4, -0.2) is 23.5 Å². The number of hydrogen-bond donors (Lipinski definition) is 2. The molecule has 0 aliphatic rings. The van der Waals surface area contributed by atoms with Crippen LogP contribution in [0.4, 0.5) is 0 Å². The normalized spacial score (nSPS) is 12.9. The Labute approximate surface area is 71.9 Å². The summed E-state index contributed by atoms with van der Waals surface area (Å²) in [5.74, 6) is 1.66. The molecule has 0 radical (unpaired) electrons. The minimum absolute atomic E-state index is 0.401. The van der Waals surface area contributed by atoms with E-state index in [2.05, 4.69) is 6.92 Å². The first-order valence-electron chi connectivity index (χ1n) is 3.81. The fourth-order valence-electron chi connectivity index (χ4n) is 0.599. The van der Waals surface area contributed by atoms with Crippen LogP contribution in [-0.2, 0) is 4.79 Å². The van der Waals surface area contributed by atoms with Crippen molar-refractivity contribution in [3.63, 3.8) is 0 Å². The molecule has 0 fully saturated rings. The molecular weight excluding hydrogens is 160 g/mol. The van der Waals surface area contributed by atoms with Crippen LogP contribution in [0.2, 0.25) is 0 Å². The zero-order valence-electron chi connectivity index (χ0n) is 6.88. The molecule has 0 aliphatic heterocycles. The highest BCUT2D eigenvalue weighted by atomic mass is 32.2. The van der Waals surface area contributed by atoms with Crippen LogP contribution in [0.15, 0.2) is 0 Å². The molecule has 4 N–H and O–H groups in total. The summed E-state index contributed by atoms with van der Waals surface area (Å²) in [6.07, 6.45) is 1.86. The Hall–Kier alpha value is -0.220. The molecule has 0 aliphatic carbocycles. The van der Waals surface area contributed by atoms with E-state index in [0.29, 0.717) is 6.42 Å². The number of thioether (sulfide) groups is 1. The SMILES string of the molecule is CCCSCC[C@H](N)C(N)=O. The lowest BCUT2D eigenvalue weighted by Gasteiger charge is -2.05. The molecular formula is C7H16N2OS. The summed E-state index contributed by atoms with van der Waals surface area (Å²) in [5.41, 5.74) is 10.4. The van der Waals surface area contributed by atoms with Gasteiger partial charge in [-0.3, -0.25) is 4.79 Å². The molecule has 3 nitrogen and oxygen atoms in total. The van der Waals surface area contributed by atoms with Gasteiger partial charge < -0.3 is 11.5 Å². The lowest BCUT2D eigenvalue weighted by molar-refractivity contribution is -0.119. The lowest BCUT2D eigenvalue weighted by atomic mass is 10.2. The number of rotatable bonds is 6. The third-order valence-electron chi connectivity index (χ3n) is 1.29. The number of primary amides is 1. The zero-order chi connectivity index (χ0) is 8.69. The van der Waals surface area contributed by atoms with Gasteiger partial charge in [0, 0.05) is 0 Å². The Morgan fingerprint density at radius 3 is 2.64 bits per heavy atom. The van der Waals surface area contributed by atoms with Gasteiger partial charge in [0.25, 0.3) is 0 Å². The molecule has 1 atom stereocenters. The summed E-state index contributed by atoms with van der Waals surface area (Å²) in [7, 11) is 0. The van der Waals surface area contributed by atoms with E-state index in [1.54, 1.807) is 0 Å². The third kappa shape index (κ3) is 6.19. The van der Waals surface area contributed by atoms with Crippen molar-refractivity contribution in [2.75, 3.05) is 11.5 Å². The van der Waals surface area contributed by atoms with Gasteiger partial charge in [0.05, 0.1) is 6.04 Å². The highest BCUT2D eigenvalue weighted by Crippen LogP contribution is 2.04. The van der Waals surface area contributed by atoms with Gasteiger partial charge in [-0.05, 0) is 24.3 Å². The smallest absolute Gasteiger partial charge is 0.234 e. The van der Waals surface area contributed by atoms with Gasteiger partial charge in [-0.2, -0.15) is 11.8 Å². The Balaban J connectivity index is 3.17. The fraction of sp³-hybridized carbons (Fsp3) is 0.857. The van der Waals surface area contributed by atoms with E-state index in [1.807, 2.05) is 11.8 Å². The number of amides is 1. The lowest BCUT2D eigenvalue weighted by Crippen LogP contribution is -2.36. The summed E-state index contributed by atoms with van der Waals surface area (Å²) < 4.78 is 0. The van der Waals surface area contributed by atoms with E-state index in [4.69, 9.17) is 11.5 Å². The van der Waals surface area contributed by atoms with Gasteiger partial charge in [-0.25, -0.2) is 0 Å². The predicted molar refractivity (Wildman–Crippen MR) is 49.4 cm³/mol. The van der Waals surface area contributed by atoms with Crippen LogP contribution in [0.1, 0.15) is 19.8 Å². The maximum atomic E-state index is 10.5. The molecule has 0 spiro atoms. The molecule has 0 aromatic rings. The van der Waals surface area contributed by atoms with Crippen molar-refractivity contribution in [3.05, 3.63) is 0 Å². The largest absolute Gasteiger partial charge is 0.368 e. The molecule has 0 saturated heterocycles. The van der Waals surface area contributed by atoms with Gasteiger partial charge in [0.15, 0.2) is 0 Å². The van der Waals surface area contributed by atoms with E-state index >= 15 is 0 Å². The molecule has 0 heterocycles. The molecule has 0 aromatic carbocycles. The molecule has 4 heteroatoms. The van der Waals surface area contributed by atoms with Gasteiger partial charge in [0.1, 0.15) is 0 Å². The predicted octanol–water partition coefficient (Wildman–Crippen LogP) is 0.332. The first kappa shape index (κ1) is 10.8. The van der Waals surface area contributed by atoms with E-state index in [-0.39, 0.29) is 0 Å². The second-order valence-corrected chi connectivity index (χ2v) is 3.63. The van der Waals surface area contributed by atoms with Crippen molar-refractivity contribution in [2.45, 2.75) is 25.8 Å². The highest BCUT2D eigenvalue weighted by molar-refractivity contribution is 7.99. The Morgan fingerprint density at radius 2 is 2.18 bits per heavy atom. The van der Waals surface area contributed by atoms with Gasteiger partial charge in [0.2, 0.25) is 5.91 Å². The summed E-state index contributed by atoms with van der Waals surface area (Å²) in [5, 5.41) is 0. The maximum absolute atomic E-state index is 10.5. The molecule has 0 rings (SSSR count).